The normalized spacial score (nSPS) is 18.5. The number of benzene rings is 1. The van der Waals surface area contributed by atoms with Gasteiger partial charge in [0.2, 0.25) is 0 Å². The van der Waals surface area contributed by atoms with Crippen molar-refractivity contribution < 1.29 is 28.9 Å². The van der Waals surface area contributed by atoms with Crippen LogP contribution in [0.1, 0.15) is 90.5 Å². The molecule has 1 unspecified atom stereocenters. The molecule has 1 N–H and O–H groups in total. The van der Waals surface area contributed by atoms with Crippen LogP contribution in [0, 0.1) is 11.8 Å². The first kappa shape index (κ1) is 30.6. The fourth-order valence-electron chi connectivity index (χ4n) is 4.51. The van der Waals surface area contributed by atoms with Crippen molar-refractivity contribution >= 4 is 11.9 Å². The fraction of sp³-hybridized carbons (Fsp3) is 0.613. The molecule has 1 aromatic rings. The van der Waals surface area contributed by atoms with Crippen LogP contribution in [-0.2, 0) is 19.1 Å². The van der Waals surface area contributed by atoms with Gasteiger partial charge in [0.25, 0.3) is 0 Å². The highest BCUT2D eigenvalue weighted by Crippen LogP contribution is 2.38. The standard InChI is InChI=1S/C31H46O6/c1-7-8-9-10-24-11-13-26(14-12-24)27-15-17-28(18-16-27)35-19-25(20-36-29(32)22(2)3)21-37-30(33)23(4)31(5,6)34/h15-18,24-26,34H,2,4,7-14,19-21H2,1,3,5-6H3. The average Bonchev–Trinajstić information content (AvgIpc) is 2.87. The third kappa shape index (κ3) is 10.7. The lowest BCUT2D eigenvalue weighted by molar-refractivity contribution is -0.146. The first-order valence-corrected chi connectivity index (χ1v) is 13.7. The molecule has 0 radical (unpaired) electrons. The van der Waals surface area contributed by atoms with Gasteiger partial charge in [-0.1, -0.05) is 57.9 Å². The van der Waals surface area contributed by atoms with E-state index in [4.69, 9.17) is 14.2 Å². The number of unbranched alkanes of at least 4 members (excludes halogenated alkanes) is 2. The van der Waals surface area contributed by atoms with Gasteiger partial charge in [-0.3, -0.25) is 0 Å². The number of esters is 2. The third-order valence-corrected chi connectivity index (χ3v) is 7.13. The Labute approximate surface area is 223 Å². The topological polar surface area (TPSA) is 82.1 Å². The smallest absolute Gasteiger partial charge is 0.336 e. The molecule has 0 spiro atoms. The molecule has 1 aromatic carbocycles. The first-order valence-electron chi connectivity index (χ1n) is 13.7. The van der Waals surface area contributed by atoms with Gasteiger partial charge in [-0.05, 0) is 76.0 Å². The summed E-state index contributed by atoms with van der Waals surface area (Å²) in [5, 5.41) is 9.98. The summed E-state index contributed by atoms with van der Waals surface area (Å²) >= 11 is 0. The molecular formula is C31H46O6. The second-order valence-electron chi connectivity index (χ2n) is 11.0. The SMILES string of the molecule is C=C(C)C(=O)OCC(COC(=O)C(=C)C(C)(C)O)COc1ccc(C2CCC(CCCCC)CC2)cc1. The Kier molecular flexibility index (Phi) is 12.4. The van der Waals surface area contributed by atoms with Crippen LogP contribution in [-0.4, -0.2) is 42.5 Å². The van der Waals surface area contributed by atoms with Gasteiger partial charge in [-0.2, -0.15) is 0 Å². The van der Waals surface area contributed by atoms with E-state index in [1.165, 1.54) is 70.8 Å². The van der Waals surface area contributed by atoms with E-state index in [-0.39, 0.29) is 31.0 Å². The lowest BCUT2D eigenvalue weighted by atomic mass is 9.77. The van der Waals surface area contributed by atoms with Crippen molar-refractivity contribution in [3.8, 4) is 5.75 Å². The average molecular weight is 515 g/mol. The van der Waals surface area contributed by atoms with E-state index >= 15 is 0 Å². The Morgan fingerprint density at radius 3 is 2.11 bits per heavy atom. The second kappa shape index (κ2) is 15.0. The maximum atomic E-state index is 12.2. The van der Waals surface area contributed by atoms with E-state index in [1.807, 2.05) is 12.1 Å². The highest BCUT2D eigenvalue weighted by Gasteiger charge is 2.26. The van der Waals surface area contributed by atoms with Crippen molar-refractivity contribution in [2.75, 3.05) is 19.8 Å². The summed E-state index contributed by atoms with van der Waals surface area (Å²) in [6.45, 7) is 14.1. The molecule has 0 amide bonds. The minimum atomic E-state index is -1.38. The zero-order valence-corrected chi connectivity index (χ0v) is 23.2. The molecule has 6 heteroatoms. The van der Waals surface area contributed by atoms with Crippen LogP contribution in [0.25, 0.3) is 0 Å². The summed E-state index contributed by atoms with van der Waals surface area (Å²) < 4.78 is 16.5. The fourth-order valence-corrected chi connectivity index (χ4v) is 4.51. The zero-order chi connectivity index (χ0) is 27.4. The predicted octanol–water partition coefficient (Wildman–Crippen LogP) is 6.53. The first-order chi connectivity index (χ1) is 17.5. The van der Waals surface area contributed by atoms with Gasteiger partial charge in [0, 0.05) is 5.57 Å². The molecule has 1 saturated carbocycles. The Hall–Kier alpha value is -2.60. The minimum Gasteiger partial charge on any atom is -0.493 e. The predicted molar refractivity (Wildman–Crippen MR) is 146 cm³/mol. The molecule has 0 heterocycles. The van der Waals surface area contributed by atoms with Crippen molar-refractivity contribution in [3.63, 3.8) is 0 Å². The number of carbonyl (C=O) groups is 2. The van der Waals surface area contributed by atoms with Crippen molar-refractivity contribution in [1.82, 2.24) is 0 Å². The van der Waals surface area contributed by atoms with E-state index in [0.717, 1.165) is 5.92 Å². The largest absolute Gasteiger partial charge is 0.493 e. The molecule has 1 atom stereocenters. The second-order valence-corrected chi connectivity index (χ2v) is 11.0. The van der Waals surface area contributed by atoms with E-state index in [9.17, 15) is 14.7 Å². The molecule has 0 saturated heterocycles. The summed E-state index contributed by atoms with van der Waals surface area (Å²) in [5.74, 6) is 0.588. The number of ether oxygens (including phenoxy) is 3. The van der Waals surface area contributed by atoms with Crippen LogP contribution >= 0.6 is 0 Å². The van der Waals surface area contributed by atoms with Gasteiger partial charge in [0.1, 0.15) is 19.0 Å². The lowest BCUT2D eigenvalue weighted by Gasteiger charge is -2.29. The Bertz CT molecular complexity index is 887. The molecular weight excluding hydrogens is 468 g/mol. The number of hydrogen-bond donors (Lipinski definition) is 1. The maximum Gasteiger partial charge on any atom is 0.336 e. The van der Waals surface area contributed by atoms with E-state index in [0.29, 0.717) is 11.7 Å². The maximum absolute atomic E-state index is 12.2. The summed E-state index contributed by atoms with van der Waals surface area (Å²) in [7, 11) is 0. The van der Waals surface area contributed by atoms with Gasteiger partial charge in [-0.25, -0.2) is 9.59 Å². The highest BCUT2D eigenvalue weighted by atomic mass is 16.6. The van der Waals surface area contributed by atoms with E-state index in [2.05, 4.69) is 32.2 Å². The molecule has 0 aromatic heterocycles. The minimum absolute atomic E-state index is 0.00749. The third-order valence-electron chi connectivity index (χ3n) is 7.13. The van der Waals surface area contributed by atoms with Gasteiger partial charge >= 0.3 is 11.9 Å². The Morgan fingerprint density at radius 1 is 0.973 bits per heavy atom. The Balaban J connectivity index is 1.89. The van der Waals surface area contributed by atoms with Gasteiger partial charge in [0.15, 0.2) is 0 Å². The summed E-state index contributed by atoms with van der Waals surface area (Å²) in [5.41, 5.74) is 0.214. The molecule has 1 fully saturated rings. The van der Waals surface area contributed by atoms with Crippen LogP contribution in [0.15, 0.2) is 48.6 Å². The van der Waals surface area contributed by atoms with Crippen LogP contribution in [0.3, 0.4) is 0 Å². The van der Waals surface area contributed by atoms with Crippen molar-refractivity contribution in [2.24, 2.45) is 11.8 Å². The quantitative estimate of drug-likeness (QED) is 0.163. The van der Waals surface area contributed by atoms with Gasteiger partial charge in [-0.15, -0.1) is 0 Å². The van der Waals surface area contributed by atoms with Crippen LogP contribution < -0.4 is 4.74 Å². The lowest BCUT2D eigenvalue weighted by Crippen LogP contribution is -2.31. The van der Waals surface area contributed by atoms with Crippen molar-refractivity contribution in [2.45, 2.75) is 90.6 Å². The summed E-state index contributed by atoms with van der Waals surface area (Å²) in [6, 6.07) is 8.23. The Morgan fingerprint density at radius 2 is 1.57 bits per heavy atom. The van der Waals surface area contributed by atoms with Crippen LogP contribution in [0.2, 0.25) is 0 Å². The van der Waals surface area contributed by atoms with Crippen LogP contribution in [0.4, 0.5) is 0 Å². The molecule has 1 aliphatic carbocycles. The van der Waals surface area contributed by atoms with Crippen molar-refractivity contribution in [1.29, 1.82) is 0 Å². The molecule has 1 aliphatic rings. The molecule has 37 heavy (non-hydrogen) atoms. The molecule has 0 bridgehead atoms. The summed E-state index contributed by atoms with van der Waals surface area (Å²) in [4.78, 5) is 24.1. The number of hydrogen-bond acceptors (Lipinski definition) is 6. The van der Waals surface area contributed by atoms with Crippen molar-refractivity contribution in [3.05, 3.63) is 54.1 Å². The molecule has 6 nitrogen and oxygen atoms in total. The summed E-state index contributed by atoms with van der Waals surface area (Å²) in [6.07, 6.45) is 10.5. The van der Waals surface area contributed by atoms with E-state index < -0.39 is 23.5 Å². The molecule has 2 rings (SSSR count). The number of rotatable bonds is 15. The highest BCUT2D eigenvalue weighted by molar-refractivity contribution is 5.89. The molecule has 206 valence electrons. The van der Waals surface area contributed by atoms with Gasteiger partial charge in [0.05, 0.1) is 23.7 Å². The zero-order valence-electron chi connectivity index (χ0n) is 23.2. The number of carbonyl (C=O) groups excluding carboxylic acids is 2. The van der Waals surface area contributed by atoms with E-state index in [1.54, 1.807) is 6.92 Å². The van der Waals surface area contributed by atoms with Crippen LogP contribution in [0.5, 0.6) is 5.75 Å². The molecule has 0 aliphatic heterocycles. The van der Waals surface area contributed by atoms with Gasteiger partial charge < -0.3 is 19.3 Å². The monoisotopic (exact) mass is 514 g/mol. The number of aliphatic hydroxyl groups is 1.